The van der Waals surface area contributed by atoms with Crippen molar-refractivity contribution in [2.75, 3.05) is 0 Å². The summed E-state index contributed by atoms with van der Waals surface area (Å²) in [6, 6.07) is 10.8. The van der Waals surface area contributed by atoms with Crippen molar-refractivity contribution < 1.29 is 0 Å². The summed E-state index contributed by atoms with van der Waals surface area (Å²) in [6.07, 6.45) is 0. The topological polar surface area (TPSA) is 0 Å². The molecule has 0 nitrogen and oxygen atoms in total. The standard InChI is InChI=1S/C11H14S2/c1-10(2,3)11(12-13-11)9-7-5-4-6-8-9/h4-8H,1-3H3. The van der Waals surface area contributed by atoms with Crippen molar-refractivity contribution in [1.29, 1.82) is 0 Å². The minimum absolute atomic E-state index is 0.314. The average Bonchev–Trinajstić information content (AvgIpc) is 2.84. The first-order chi connectivity index (χ1) is 6.06. The molecule has 70 valence electrons. The second-order valence-electron chi connectivity index (χ2n) is 4.40. The van der Waals surface area contributed by atoms with Gasteiger partial charge in [-0.1, -0.05) is 72.7 Å². The van der Waals surface area contributed by atoms with Crippen molar-refractivity contribution in [2.24, 2.45) is 5.41 Å². The molecule has 0 atom stereocenters. The Morgan fingerprint density at radius 2 is 1.54 bits per heavy atom. The summed E-state index contributed by atoms with van der Waals surface area (Å²) in [5, 5.41) is 0. The van der Waals surface area contributed by atoms with E-state index in [-0.39, 0.29) is 0 Å². The first-order valence-corrected chi connectivity index (χ1v) is 6.64. The predicted octanol–water partition coefficient (Wildman–Crippen LogP) is 4.28. The Morgan fingerprint density at radius 3 is 1.92 bits per heavy atom. The molecule has 2 heteroatoms. The van der Waals surface area contributed by atoms with E-state index in [0.29, 0.717) is 9.49 Å². The van der Waals surface area contributed by atoms with Gasteiger partial charge < -0.3 is 0 Å². The van der Waals surface area contributed by atoms with E-state index in [9.17, 15) is 0 Å². The Hall–Kier alpha value is -0.0800. The Kier molecular flexibility index (Phi) is 2.16. The van der Waals surface area contributed by atoms with Gasteiger partial charge in [0, 0.05) is 0 Å². The van der Waals surface area contributed by atoms with Gasteiger partial charge in [0.15, 0.2) is 0 Å². The highest BCUT2D eigenvalue weighted by molar-refractivity contribution is 8.93. The molecule has 0 saturated carbocycles. The van der Waals surface area contributed by atoms with E-state index in [1.807, 2.05) is 21.6 Å². The van der Waals surface area contributed by atoms with Crippen LogP contribution in [0.15, 0.2) is 30.3 Å². The molecule has 13 heavy (non-hydrogen) atoms. The molecule has 1 saturated heterocycles. The van der Waals surface area contributed by atoms with Gasteiger partial charge in [-0.25, -0.2) is 0 Å². The number of hydrogen-bond donors (Lipinski definition) is 0. The summed E-state index contributed by atoms with van der Waals surface area (Å²) in [5.41, 5.74) is 1.79. The highest BCUT2D eigenvalue weighted by atomic mass is 33.2. The molecule has 0 aliphatic carbocycles. The average molecular weight is 210 g/mol. The third-order valence-corrected chi connectivity index (χ3v) is 6.09. The lowest BCUT2D eigenvalue weighted by atomic mass is 9.86. The normalized spacial score (nSPS) is 19.9. The molecule has 1 aliphatic rings. The minimum atomic E-state index is 0.314. The van der Waals surface area contributed by atoms with Crippen molar-refractivity contribution >= 4 is 21.6 Å². The van der Waals surface area contributed by atoms with Crippen molar-refractivity contribution in [3.8, 4) is 0 Å². The van der Waals surface area contributed by atoms with Crippen molar-refractivity contribution in [3.05, 3.63) is 35.9 Å². The van der Waals surface area contributed by atoms with E-state index in [1.165, 1.54) is 5.56 Å². The second kappa shape index (κ2) is 2.96. The van der Waals surface area contributed by atoms with Crippen LogP contribution in [0, 0.1) is 5.41 Å². The highest BCUT2D eigenvalue weighted by Crippen LogP contribution is 2.78. The van der Waals surface area contributed by atoms with Gasteiger partial charge in [-0.3, -0.25) is 0 Å². The molecule has 1 aromatic rings. The fraction of sp³-hybridized carbons (Fsp3) is 0.455. The van der Waals surface area contributed by atoms with E-state index < -0.39 is 0 Å². The predicted molar refractivity (Wildman–Crippen MR) is 62.8 cm³/mol. The maximum absolute atomic E-state index is 2.31. The van der Waals surface area contributed by atoms with Crippen LogP contribution in [-0.4, -0.2) is 0 Å². The summed E-state index contributed by atoms with van der Waals surface area (Å²) in [4.78, 5) is 0. The molecule has 1 heterocycles. The first kappa shape index (κ1) is 9.47. The zero-order valence-corrected chi connectivity index (χ0v) is 9.84. The van der Waals surface area contributed by atoms with Gasteiger partial charge in [0.25, 0.3) is 0 Å². The highest BCUT2D eigenvalue weighted by Gasteiger charge is 2.56. The van der Waals surface area contributed by atoms with Crippen molar-refractivity contribution in [1.82, 2.24) is 0 Å². The van der Waals surface area contributed by atoms with Crippen LogP contribution in [0.2, 0.25) is 0 Å². The number of rotatable bonds is 1. The molecular formula is C11H14S2. The fourth-order valence-electron chi connectivity index (χ4n) is 1.48. The van der Waals surface area contributed by atoms with E-state index in [2.05, 4.69) is 51.1 Å². The van der Waals surface area contributed by atoms with Gasteiger partial charge in [0.05, 0.1) is 0 Å². The van der Waals surface area contributed by atoms with Crippen LogP contribution in [0.3, 0.4) is 0 Å². The summed E-state index contributed by atoms with van der Waals surface area (Å²) < 4.78 is 0.314. The lowest BCUT2D eigenvalue weighted by Gasteiger charge is -2.27. The van der Waals surface area contributed by atoms with Crippen LogP contribution in [0.1, 0.15) is 26.3 Å². The third kappa shape index (κ3) is 1.50. The second-order valence-corrected chi connectivity index (χ2v) is 7.22. The van der Waals surface area contributed by atoms with Crippen LogP contribution >= 0.6 is 21.6 Å². The van der Waals surface area contributed by atoms with Crippen LogP contribution in [-0.2, 0) is 4.08 Å². The molecule has 0 aromatic heterocycles. The quantitative estimate of drug-likeness (QED) is 0.501. The molecule has 0 radical (unpaired) electrons. The largest absolute Gasteiger partial charge is 0.111 e. The SMILES string of the molecule is CC(C)(C)C1(c2ccccc2)SS1. The van der Waals surface area contributed by atoms with Crippen LogP contribution in [0.4, 0.5) is 0 Å². The van der Waals surface area contributed by atoms with E-state index >= 15 is 0 Å². The Balaban J connectivity index is 2.37. The molecule has 1 aliphatic heterocycles. The van der Waals surface area contributed by atoms with Gasteiger partial charge in [-0.05, 0) is 11.0 Å². The maximum atomic E-state index is 2.31. The monoisotopic (exact) mass is 210 g/mol. The first-order valence-electron chi connectivity index (χ1n) is 4.49. The molecule has 0 N–H and O–H groups in total. The smallest absolute Gasteiger partial charge is 0.0680 e. The van der Waals surface area contributed by atoms with E-state index in [4.69, 9.17) is 0 Å². The van der Waals surface area contributed by atoms with Crippen LogP contribution in [0.5, 0.6) is 0 Å². The summed E-state index contributed by atoms with van der Waals surface area (Å²) >= 11 is 0. The molecule has 2 rings (SSSR count). The van der Waals surface area contributed by atoms with Gasteiger partial charge in [0.1, 0.15) is 4.08 Å². The zero-order chi connectivity index (χ0) is 9.53. The zero-order valence-electron chi connectivity index (χ0n) is 8.20. The number of hydrogen-bond acceptors (Lipinski definition) is 2. The lowest BCUT2D eigenvalue weighted by molar-refractivity contribution is 0.383. The summed E-state index contributed by atoms with van der Waals surface area (Å²) in [5.74, 6) is 0. The van der Waals surface area contributed by atoms with Gasteiger partial charge in [0.2, 0.25) is 0 Å². The summed E-state index contributed by atoms with van der Waals surface area (Å²) in [6.45, 7) is 6.94. The van der Waals surface area contributed by atoms with Crippen LogP contribution in [0.25, 0.3) is 0 Å². The third-order valence-electron chi connectivity index (χ3n) is 2.39. The van der Waals surface area contributed by atoms with Gasteiger partial charge in [-0.2, -0.15) is 0 Å². The van der Waals surface area contributed by atoms with Crippen LogP contribution < -0.4 is 0 Å². The number of benzene rings is 1. The molecular weight excluding hydrogens is 196 g/mol. The molecule has 0 amide bonds. The fourth-order valence-corrected chi connectivity index (χ4v) is 4.85. The van der Waals surface area contributed by atoms with E-state index in [0.717, 1.165) is 0 Å². The molecule has 1 aromatic carbocycles. The molecule has 0 unspecified atom stereocenters. The molecule has 1 fully saturated rings. The lowest BCUT2D eigenvalue weighted by Crippen LogP contribution is -2.23. The van der Waals surface area contributed by atoms with Crippen molar-refractivity contribution in [3.63, 3.8) is 0 Å². The summed E-state index contributed by atoms with van der Waals surface area (Å²) in [7, 11) is 3.98. The molecule has 0 spiro atoms. The van der Waals surface area contributed by atoms with Crippen molar-refractivity contribution in [2.45, 2.75) is 24.9 Å². The van der Waals surface area contributed by atoms with Gasteiger partial charge in [-0.15, -0.1) is 0 Å². The van der Waals surface area contributed by atoms with Gasteiger partial charge >= 0.3 is 0 Å². The Bertz CT molecular complexity index is 294. The Labute approximate surface area is 87.9 Å². The van der Waals surface area contributed by atoms with E-state index in [1.54, 1.807) is 0 Å². The molecule has 0 bridgehead atoms. The maximum Gasteiger partial charge on any atom is 0.111 e. The minimum Gasteiger partial charge on any atom is -0.0680 e. The Morgan fingerprint density at radius 1 is 1.00 bits per heavy atom.